The first kappa shape index (κ1) is 23.2. The number of guanidine groups is 1. The Morgan fingerprint density at radius 1 is 1.21 bits per heavy atom. The van der Waals surface area contributed by atoms with Gasteiger partial charge >= 0.3 is 0 Å². The summed E-state index contributed by atoms with van der Waals surface area (Å²) >= 11 is 0. The number of carbonyl (C=O) groups excluding carboxylic acids is 1. The molecule has 1 heterocycles. The van der Waals surface area contributed by atoms with E-state index in [1.165, 1.54) is 5.56 Å². The average Bonchev–Trinajstić information content (AvgIpc) is 3.26. The molecule has 1 aliphatic heterocycles. The zero-order valence-electron chi connectivity index (χ0n) is 18.4. The monoisotopic (exact) mass is 403 g/mol. The number of nitrogens with one attached hydrogen (secondary N) is 2. The molecule has 0 spiro atoms. The topological polar surface area (TPSA) is 69.2 Å². The van der Waals surface area contributed by atoms with Crippen molar-refractivity contribution in [2.24, 2.45) is 10.9 Å². The normalized spacial score (nSPS) is 18.0. The Kier molecular flexibility index (Phi) is 9.94. The smallest absolute Gasteiger partial charge is 0.243 e. The summed E-state index contributed by atoms with van der Waals surface area (Å²) in [6.45, 7) is 9.55. The molecule has 162 valence electrons. The number of carbonyl (C=O) groups is 1. The second-order valence-electron chi connectivity index (χ2n) is 7.59. The lowest BCUT2D eigenvalue weighted by atomic mass is 10.1. The molecular weight excluding hydrogens is 366 g/mol. The van der Waals surface area contributed by atoms with Crippen molar-refractivity contribution in [2.75, 3.05) is 60.0 Å². The van der Waals surface area contributed by atoms with Crippen molar-refractivity contribution in [3.05, 3.63) is 35.9 Å². The van der Waals surface area contributed by atoms with Gasteiger partial charge in [-0.1, -0.05) is 44.2 Å². The number of nitrogens with zero attached hydrogens (tertiary/aromatic N) is 3. The van der Waals surface area contributed by atoms with Gasteiger partial charge in [-0.25, -0.2) is 4.99 Å². The van der Waals surface area contributed by atoms with Crippen molar-refractivity contribution < 1.29 is 9.53 Å². The lowest BCUT2D eigenvalue weighted by molar-refractivity contribution is -0.127. The van der Waals surface area contributed by atoms with E-state index in [-0.39, 0.29) is 18.5 Å². The molecule has 1 amide bonds. The SMILES string of the molecule is CCN(CC)C(CNC(=NCC(=O)N(C)C)NCC1CCOC1)c1ccccc1. The molecule has 7 heteroatoms. The largest absolute Gasteiger partial charge is 0.381 e. The zero-order valence-corrected chi connectivity index (χ0v) is 18.4. The number of likely N-dealkylation sites (N-methyl/N-ethyl adjacent to an activating group) is 2. The summed E-state index contributed by atoms with van der Waals surface area (Å²) in [5, 5.41) is 6.88. The van der Waals surface area contributed by atoms with Crippen molar-refractivity contribution in [1.29, 1.82) is 0 Å². The Morgan fingerprint density at radius 2 is 1.93 bits per heavy atom. The summed E-state index contributed by atoms with van der Waals surface area (Å²) < 4.78 is 5.47. The van der Waals surface area contributed by atoms with Crippen LogP contribution in [0.2, 0.25) is 0 Å². The summed E-state index contributed by atoms with van der Waals surface area (Å²) in [6, 6.07) is 10.8. The highest BCUT2D eigenvalue weighted by atomic mass is 16.5. The van der Waals surface area contributed by atoms with Crippen LogP contribution in [-0.2, 0) is 9.53 Å². The van der Waals surface area contributed by atoms with Gasteiger partial charge < -0.3 is 20.3 Å². The minimum absolute atomic E-state index is 0.0151. The molecule has 1 aliphatic rings. The van der Waals surface area contributed by atoms with Crippen molar-refractivity contribution in [2.45, 2.75) is 26.3 Å². The van der Waals surface area contributed by atoms with E-state index in [1.54, 1.807) is 19.0 Å². The van der Waals surface area contributed by atoms with Gasteiger partial charge in [0, 0.05) is 39.7 Å². The van der Waals surface area contributed by atoms with E-state index in [9.17, 15) is 4.79 Å². The van der Waals surface area contributed by atoms with Crippen molar-refractivity contribution >= 4 is 11.9 Å². The van der Waals surface area contributed by atoms with Crippen LogP contribution in [0.5, 0.6) is 0 Å². The van der Waals surface area contributed by atoms with Crippen LogP contribution in [0.15, 0.2) is 35.3 Å². The lowest BCUT2D eigenvalue weighted by Crippen LogP contribution is -2.45. The summed E-state index contributed by atoms with van der Waals surface area (Å²) in [7, 11) is 3.50. The van der Waals surface area contributed by atoms with Gasteiger partial charge in [0.1, 0.15) is 6.54 Å². The summed E-state index contributed by atoms with van der Waals surface area (Å²) in [5.74, 6) is 1.15. The molecule has 0 radical (unpaired) electrons. The fourth-order valence-electron chi connectivity index (χ4n) is 3.44. The summed E-state index contributed by atoms with van der Waals surface area (Å²) in [6.07, 6.45) is 1.06. The summed E-state index contributed by atoms with van der Waals surface area (Å²) in [5.41, 5.74) is 1.27. The van der Waals surface area contributed by atoms with Gasteiger partial charge in [-0.3, -0.25) is 9.69 Å². The van der Waals surface area contributed by atoms with E-state index < -0.39 is 0 Å². The molecule has 0 saturated carbocycles. The molecule has 0 aliphatic carbocycles. The molecule has 1 saturated heterocycles. The number of hydrogen-bond donors (Lipinski definition) is 2. The number of hydrogen-bond acceptors (Lipinski definition) is 4. The second-order valence-corrected chi connectivity index (χ2v) is 7.59. The number of benzene rings is 1. The number of rotatable bonds is 10. The van der Waals surface area contributed by atoms with Gasteiger partial charge in [0.2, 0.25) is 5.91 Å². The van der Waals surface area contributed by atoms with Gasteiger partial charge in [-0.05, 0) is 25.1 Å². The van der Waals surface area contributed by atoms with E-state index in [2.05, 4.69) is 58.6 Å². The van der Waals surface area contributed by atoms with Crippen LogP contribution in [-0.4, -0.2) is 81.7 Å². The second kappa shape index (κ2) is 12.4. The van der Waals surface area contributed by atoms with Crippen LogP contribution in [0, 0.1) is 5.92 Å². The van der Waals surface area contributed by atoms with Crippen molar-refractivity contribution in [3.8, 4) is 0 Å². The minimum atomic E-state index is -0.0151. The maximum Gasteiger partial charge on any atom is 0.243 e. The highest BCUT2D eigenvalue weighted by molar-refractivity contribution is 5.84. The first-order valence-corrected chi connectivity index (χ1v) is 10.6. The molecule has 1 fully saturated rings. The Balaban J connectivity index is 2.06. The Hall–Kier alpha value is -2.12. The number of ether oxygens (including phenoxy) is 1. The molecule has 2 rings (SSSR count). The van der Waals surface area contributed by atoms with Crippen molar-refractivity contribution in [3.63, 3.8) is 0 Å². The third kappa shape index (κ3) is 7.66. The molecule has 2 unspecified atom stereocenters. The van der Waals surface area contributed by atoms with Gasteiger partial charge in [-0.2, -0.15) is 0 Å². The average molecular weight is 404 g/mol. The zero-order chi connectivity index (χ0) is 21.1. The van der Waals surface area contributed by atoms with E-state index in [4.69, 9.17) is 4.74 Å². The molecule has 29 heavy (non-hydrogen) atoms. The highest BCUT2D eigenvalue weighted by Crippen LogP contribution is 2.19. The van der Waals surface area contributed by atoms with Crippen LogP contribution in [0.4, 0.5) is 0 Å². The van der Waals surface area contributed by atoms with E-state index in [0.717, 1.165) is 45.8 Å². The van der Waals surface area contributed by atoms with Gasteiger partial charge in [0.15, 0.2) is 5.96 Å². The standard InChI is InChI=1S/C22H37N5O2/c1-5-27(6-2)20(19-10-8-7-9-11-19)15-24-22(25-16-21(28)26(3)4)23-14-18-12-13-29-17-18/h7-11,18,20H,5-6,12-17H2,1-4H3,(H2,23,24,25). The number of amides is 1. The lowest BCUT2D eigenvalue weighted by Gasteiger charge is -2.31. The van der Waals surface area contributed by atoms with E-state index >= 15 is 0 Å². The Labute approximate surface area is 175 Å². The van der Waals surface area contributed by atoms with Gasteiger partial charge in [0.05, 0.1) is 12.6 Å². The van der Waals surface area contributed by atoms with E-state index in [0.29, 0.717) is 11.9 Å². The first-order chi connectivity index (χ1) is 14.0. The predicted molar refractivity (Wildman–Crippen MR) is 118 cm³/mol. The molecule has 7 nitrogen and oxygen atoms in total. The fraction of sp³-hybridized carbons (Fsp3) is 0.636. The first-order valence-electron chi connectivity index (χ1n) is 10.6. The third-order valence-corrected chi connectivity index (χ3v) is 5.35. The summed E-state index contributed by atoms with van der Waals surface area (Å²) in [4.78, 5) is 20.5. The molecule has 1 aromatic rings. The van der Waals surface area contributed by atoms with E-state index in [1.807, 2.05) is 6.07 Å². The molecular formula is C22H37N5O2. The van der Waals surface area contributed by atoms with Crippen LogP contribution in [0.25, 0.3) is 0 Å². The molecule has 1 aromatic carbocycles. The maximum absolute atomic E-state index is 12.0. The van der Waals surface area contributed by atoms with Crippen molar-refractivity contribution in [1.82, 2.24) is 20.4 Å². The molecule has 0 aromatic heterocycles. The molecule has 2 atom stereocenters. The fourth-order valence-corrected chi connectivity index (χ4v) is 3.44. The van der Waals surface area contributed by atoms with Crippen LogP contribution < -0.4 is 10.6 Å². The quantitative estimate of drug-likeness (QED) is 0.460. The van der Waals surface area contributed by atoms with Crippen LogP contribution in [0.3, 0.4) is 0 Å². The highest BCUT2D eigenvalue weighted by Gasteiger charge is 2.20. The Bertz CT molecular complexity index is 625. The number of aliphatic imine (C=N–C) groups is 1. The van der Waals surface area contributed by atoms with Crippen LogP contribution >= 0.6 is 0 Å². The van der Waals surface area contributed by atoms with Gasteiger partial charge in [-0.15, -0.1) is 0 Å². The van der Waals surface area contributed by atoms with Crippen LogP contribution in [0.1, 0.15) is 31.9 Å². The van der Waals surface area contributed by atoms with Gasteiger partial charge in [0.25, 0.3) is 0 Å². The minimum Gasteiger partial charge on any atom is -0.381 e. The molecule has 2 N–H and O–H groups in total. The third-order valence-electron chi connectivity index (χ3n) is 5.35. The Morgan fingerprint density at radius 3 is 2.52 bits per heavy atom. The maximum atomic E-state index is 12.0. The predicted octanol–water partition coefficient (Wildman–Crippen LogP) is 1.73. The molecule has 0 bridgehead atoms.